The molecule has 7 nitrogen and oxygen atoms in total. The van der Waals surface area contributed by atoms with Gasteiger partial charge in [-0.3, -0.25) is 9.78 Å². The van der Waals surface area contributed by atoms with Crippen molar-refractivity contribution in [2.45, 2.75) is 0 Å². The summed E-state index contributed by atoms with van der Waals surface area (Å²) < 4.78 is 31.3. The first-order valence-corrected chi connectivity index (χ1v) is 8.80. The maximum atomic E-state index is 12.7. The molecule has 120 valence electrons. The van der Waals surface area contributed by atoms with Gasteiger partial charge in [-0.2, -0.15) is 0 Å². The zero-order chi connectivity index (χ0) is 16.4. The van der Waals surface area contributed by atoms with Crippen LogP contribution < -0.4 is 21.9 Å². The second-order valence-electron chi connectivity index (χ2n) is 4.56. The Bertz CT molecular complexity index is 743. The minimum absolute atomic E-state index is 0.00717. The van der Waals surface area contributed by atoms with Crippen molar-refractivity contribution in [3.05, 3.63) is 47.2 Å². The highest BCUT2D eigenvalue weighted by Gasteiger charge is 2.26. The molecule has 0 saturated heterocycles. The van der Waals surface area contributed by atoms with Gasteiger partial charge in [0.25, 0.3) is 11.7 Å². The first-order chi connectivity index (χ1) is 11.1. The van der Waals surface area contributed by atoms with Crippen molar-refractivity contribution >= 4 is 23.2 Å². The minimum Gasteiger partial charge on any atom is -0.489 e. The number of fused-ring (bicyclic) bond motifs is 1. The average molecular weight is 402 g/mol. The van der Waals surface area contributed by atoms with E-state index in [1.807, 2.05) is 0 Å². The van der Waals surface area contributed by atoms with E-state index in [1.165, 1.54) is 23.1 Å². The van der Waals surface area contributed by atoms with E-state index in [9.17, 15) is 13.2 Å². The topological polar surface area (TPSA) is 97.8 Å². The number of ether oxygens (including phenoxy) is 1. The molecule has 9 heteroatoms. The molecule has 0 N–H and O–H groups in total. The Balaban J connectivity index is 1.88. The number of benzene rings is 1. The molecule has 1 aromatic carbocycles. The van der Waals surface area contributed by atoms with Crippen LogP contribution in [-0.4, -0.2) is 24.0 Å². The smallest absolute Gasteiger partial charge is 0.489 e. The highest BCUT2D eigenvalue weighted by molar-refractivity contribution is 6.32. The Kier molecular flexibility index (Phi) is 4.67. The molecule has 0 radical (unpaired) electrons. The molecule has 0 unspecified atom stereocenters. The van der Waals surface area contributed by atoms with Crippen molar-refractivity contribution in [3.63, 3.8) is 0 Å². The van der Waals surface area contributed by atoms with Crippen LogP contribution in [0.5, 0.6) is 11.5 Å². The van der Waals surface area contributed by atoms with Crippen molar-refractivity contribution in [2.24, 2.45) is 0 Å². The molecular formula is C14H10BrClN2O5. The lowest BCUT2D eigenvalue weighted by Gasteiger charge is -2.29. The second-order valence-corrected chi connectivity index (χ2v) is 6.08. The van der Waals surface area contributed by atoms with Gasteiger partial charge < -0.3 is 18.0 Å². The normalized spacial score (nSPS) is 13.5. The summed E-state index contributed by atoms with van der Waals surface area (Å²) >= 11 is 2.54. The highest BCUT2D eigenvalue weighted by atomic mass is 80.0. The molecule has 0 saturated carbocycles. The molecule has 0 spiro atoms. The Morgan fingerprint density at radius 3 is 2.96 bits per heavy atom. The minimum atomic E-state index is -3.43. The third-order valence-electron chi connectivity index (χ3n) is 3.19. The molecule has 0 aliphatic carbocycles. The molecule has 3 rings (SSSR count). The summed E-state index contributed by atoms with van der Waals surface area (Å²) in [4.78, 5) is 18.2. The number of carbonyl (C=O) groups is 1. The van der Waals surface area contributed by atoms with E-state index in [0.29, 0.717) is 30.2 Å². The molecule has 2 heterocycles. The SMILES string of the molecule is O=C(c1ccc(O[Br+2]([O-])[O-])c(Cl)c1)N1CCOc2ccncc21. The third-order valence-corrected chi connectivity index (χ3v) is 4.10. The van der Waals surface area contributed by atoms with Crippen LogP contribution in [0.3, 0.4) is 0 Å². The average Bonchev–Trinajstić information content (AvgIpc) is 2.55. The lowest BCUT2D eigenvalue weighted by molar-refractivity contribution is -1.62. The number of anilines is 1. The molecule has 1 amide bonds. The van der Waals surface area contributed by atoms with E-state index in [0.717, 1.165) is 0 Å². The molecule has 1 aromatic heterocycles. The van der Waals surface area contributed by atoms with Crippen LogP contribution in [0.25, 0.3) is 0 Å². The lowest BCUT2D eigenvalue weighted by Crippen LogP contribution is -2.38. The summed E-state index contributed by atoms with van der Waals surface area (Å²) in [6.45, 7) is 0.748. The van der Waals surface area contributed by atoms with Crippen LogP contribution in [-0.2, 0) is 0 Å². The molecule has 1 aliphatic rings. The van der Waals surface area contributed by atoms with Crippen molar-refractivity contribution in [1.82, 2.24) is 4.98 Å². The van der Waals surface area contributed by atoms with Crippen molar-refractivity contribution in [2.75, 3.05) is 18.1 Å². The van der Waals surface area contributed by atoms with Crippen LogP contribution in [0.1, 0.15) is 10.4 Å². The van der Waals surface area contributed by atoms with E-state index in [1.54, 1.807) is 18.5 Å². The zero-order valence-electron chi connectivity index (χ0n) is 11.6. The largest absolute Gasteiger partial charge is 0.501 e. The number of carbonyl (C=O) groups excluding carboxylic acids is 1. The molecule has 0 atom stereocenters. The van der Waals surface area contributed by atoms with Gasteiger partial charge in [-0.1, -0.05) is 11.6 Å². The number of halogens is 2. The molecule has 23 heavy (non-hydrogen) atoms. The molecule has 0 bridgehead atoms. The van der Waals surface area contributed by atoms with Crippen LogP contribution in [0.2, 0.25) is 5.02 Å². The summed E-state index contributed by atoms with van der Waals surface area (Å²) in [5.41, 5.74) is 0.884. The Morgan fingerprint density at radius 2 is 2.22 bits per heavy atom. The van der Waals surface area contributed by atoms with E-state index < -0.39 is 14.8 Å². The summed E-state index contributed by atoms with van der Waals surface area (Å²) in [7, 11) is 0. The summed E-state index contributed by atoms with van der Waals surface area (Å²) in [5.74, 6) is 0.286. The van der Waals surface area contributed by atoms with Crippen LogP contribution in [0.4, 0.5) is 5.69 Å². The number of hydrogen-bond donors (Lipinski definition) is 0. The van der Waals surface area contributed by atoms with Gasteiger partial charge in [0.05, 0.1) is 17.8 Å². The molecule has 2 aromatic rings. The number of amides is 1. The fourth-order valence-electron chi connectivity index (χ4n) is 2.20. The molecule has 1 aliphatic heterocycles. The van der Waals surface area contributed by atoms with Gasteiger partial charge in [0.2, 0.25) is 0 Å². The van der Waals surface area contributed by atoms with E-state index in [4.69, 9.17) is 16.3 Å². The predicted octanol–water partition coefficient (Wildman–Crippen LogP) is 0.239. The van der Waals surface area contributed by atoms with Crippen LogP contribution in [0.15, 0.2) is 36.7 Å². The van der Waals surface area contributed by atoms with Gasteiger partial charge >= 0.3 is 14.8 Å². The van der Waals surface area contributed by atoms with E-state index in [2.05, 4.69) is 8.81 Å². The number of nitrogens with zero attached hydrogens (tertiary/aromatic N) is 2. The van der Waals surface area contributed by atoms with Crippen molar-refractivity contribution < 1.29 is 36.6 Å². The lowest BCUT2D eigenvalue weighted by atomic mass is 10.1. The fraction of sp³-hybridized carbons (Fsp3) is 0.143. The summed E-state index contributed by atoms with van der Waals surface area (Å²) in [5, 5.41) is 0.0466. The Labute approximate surface area is 141 Å². The maximum Gasteiger partial charge on any atom is 0.501 e. The number of hydrogen-bond acceptors (Lipinski definition) is 6. The van der Waals surface area contributed by atoms with Crippen molar-refractivity contribution in [1.29, 1.82) is 0 Å². The molecular weight excluding hydrogens is 392 g/mol. The first kappa shape index (κ1) is 16.0. The summed E-state index contributed by atoms with van der Waals surface area (Å²) in [6, 6.07) is 5.86. The van der Waals surface area contributed by atoms with Gasteiger partial charge in [0.15, 0.2) is 0 Å². The maximum absolute atomic E-state index is 12.7. The third kappa shape index (κ3) is 3.40. The Morgan fingerprint density at radius 1 is 1.39 bits per heavy atom. The van der Waals surface area contributed by atoms with Gasteiger partial charge in [0, 0.05) is 17.8 Å². The van der Waals surface area contributed by atoms with E-state index >= 15 is 0 Å². The van der Waals surface area contributed by atoms with Gasteiger partial charge in [-0.25, -0.2) is 0 Å². The fourth-order valence-corrected chi connectivity index (χ4v) is 3.08. The standard InChI is InChI=1S/C14H10BrClN2O5/c16-10-7-9(1-2-12(10)23-15(20)21)14(19)18-5-6-22-13-3-4-17-8-11(13)18/h1-4,7-8H,5-6H2. The second kappa shape index (κ2) is 6.71. The van der Waals surface area contributed by atoms with Crippen LogP contribution in [0, 0.1) is 14.8 Å². The zero-order valence-corrected chi connectivity index (χ0v) is 13.9. The van der Waals surface area contributed by atoms with Gasteiger partial charge in [0.1, 0.15) is 18.0 Å². The summed E-state index contributed by atoms with van der Waals surface area (Å²) in [6.07, 6.45) is 3.14. The van der Waals surface area contributed by atoms with Gasteiger partial charge in [-0.15, -0.1) is 3.83 Å². The quantitative estimate of drug-likeness (QED) is 0.731. The van der Waals surface area contributed by atoms with Crippen LogP contribution >= 0.6 is 11.6 Å². The van der Waals surface area contributed by atoms with Crippen molar-refractivity contribution in [3.8, 4) is 11.5 Å². The predicted molar refractivity (Wildman–Crippen MR) is 73.5 cm³/mol. The number of pyridine rings is 1. The highest BCUT2D eigenvalue weighted by Crippen LogP contribution is 2.32. The monoisotopic (exact) mass is 400 g/mol. The molecule has 0 fully saturated rings. The van der Waals surface area contributed by atoms with E-state index in [-0.39, 0.29) is 16.7 Å². The Hall–Kier alpha value is -1.87. The first-order valence-electron chi connectivity index (χ1n) is 6.48. The van der Waals surface area contributed by atoms with Gasteiger partial charge in [-0.05, 0) is 18.2 Å². The number of aromatic nitrogens is 1. The number of rotatable bonds is 3.